The molecule has 3 aromatic heterocycles. The van der Waals surface area contributed by atoms with Crippen LogP contribution in [0.1, 0.15) is 20.8 Å². The second-order valence-corrected chi connectivity index (χ2v) is 5.60. The molecule has 0 fully saturated rings. The largest absolute Gasteiger partial charge is 0.325 e. The van der Waals surface area contributed by atoms with Crippen molar-refractivity contribution in [3.8, 4) is 11.3 Å². The predicted molar refractivity (Wildman–Crippen MR) is 91.6 cm³/mol. The van der Waals surface area contributed by atoms with E-state index in [1.54, 1.807) is 6.20 Å². The molecule has 6 heteroatoms. The van der Waals surface area contributed by atoms with Gasteiger partial charge >= 0.3 is 0 Å². The summed E-state index contributed by atoms with van der Waals surface area (Å²) in [6.45, 7) is 6.03. The lowest BCUT2D eigenvalue weighted by molar-refractivity contribution is 0.886. The van der Waals surface area contributed by atoms with Crippen molar-refractivity contribution in [1.82, 2.24) is 24.4 Å². The van der Waals surface area contributed by atoms with Gasteiger partial charge in [-0.25, -0.2) is 14.2 Å². The van der Waals surface area contributed by atoms with Crippen LogP contribution in [0.25, 0.3) is 22.6 Å². The molecule has 0 spiro atoms. The number of nitrogens with two attached hydrogens (primary N) is 1. The predicted octanol–water partition coefficient (Wildman–Crippen LogP) is 2.75. The number of hydrogen-bond donors (Lipinski definition) is 1. The van der Waals surface area contributed by atoms with Gasteiger partial charge in [-0.15, -0.1) is 0 Å². The quantitative estimate of drug-likeness (QED) is 0.752. The van der Waals surface area contributed by atoms with Gasteiger partial charge in [-0.1, -0.05) is 12.2 Å². The lowest BCUT2D eigenvalue weighted by Gasteiger charge is -2.04. The van der Waals surface area contributed by atoms with E-state index in [4.69, 9.17) is 5.73 Å². The Morgan fingerprint density at radius 2 is 2.09 bits per heavy atom. The van der Waals surface area contributed by atoms with Gasteiger partial charge in [-0.2, -0.15) is 10.2 Å². The molecule has 0 aliphatic rings. The zero-order chi connectivity index (χ0) is 16.4. The third kappa shape index (κ3) is 3.07. The Labute approximate surface area is 135 Å². The molecule has 23 heavy (non-hydrogen) atoms. The van der Waals surface area contributed by atoms with Gasteiger partial charge in [0.1, 0.15) is 0 Å². The lowest BCUT2D eigenvalue weighted by atomic mass is 10.2. The normalized spacial score (nSPS) is 14.4. The smallest absolute Gasteiger partial charge is 0.154 e. The van der Waals surface area contributed by atoms with Gasteiger partial charge < -0.3 is 5.73 Å². The molecule has 0 saturated carbocycles. The highest BCUT2D eigenvalue weighted by molar-refractivity contribution is 5.63. The topological polar surface area (TPSA) is 74.0 Å². The summed E-state index contributed by atoms with van der Waals surface area (Å²) >= 11 is 0. The second kappa shape index (κ2) is 6.18. The SMILES string of the molecule is CC(/C=C\C(C)N)=C(/C)n1cc(-c2cnc3cccnn23)cn1. The highest BCUT2D eigenvalue weighted by atomic mass is 15.3. The maximum Gasteiger partial charge on any atom is 0.154 e. The van der Waals surface area contributed by atoms with Crippen LogP contribution in [0.5, 0.6) is 0 Å². The fraction of sp³-hybridized carbons (Fsp3) is 0.235. The van der Waals surface area contributed by atoms with Gasteiger partial charge in [0.2, 0.25) is 0 Å². The van der Waals surface area contributed by atoms with Gasteiger partial charge in [-0.05, 0) is 38.5 Å². The molecule has 0 saturated heterocycles. The Balaban J connectivity index is 1.96. The first kappa shape index (κ1) is 15.2. The first-order valence-corrected chi connectivity index (χ1v) is 7.51. The first-order valence-electron chi connectivity index (χ1n) is 7.51. The maximum absolute atomic E-state index is 5.75. The number of rotatable bonds is 4. The molecule has 3 heterocycles. The lowest BCUT2D eigenvalue weighted by Crippen LogP contribution is -2.10. The molecule has 2 N–H and O–H groups in total. The Morgan fingerprint density at radius 1 is 1.26 bits per heavy atom. The fourth-order valence-corrected chi connectivity index (χ4v) is 2.26. The van der Waals surface area contributed by atoms with Crippen LogP contribution in [-0.4, -0.2) is 30.4 Å². The van der Waals surface area contributed by atoms with Gasteiger partial charge in [-0.3, -0.25) is 0 Å². The monoisotopic (exact) mass is 308 g/mol. The molecule has 1 unspecified atom stereocenters. The number of aromatic nitrogens is 5. The van der Waals surface area contributed by atoms with Crippen LogP contribution >= 0.6 is 0 Å². The van der Waals surface area contributed by atoms with Gasteiger partial charge in [0, 0.05) is 29.7 Å². The van der Waals surface area contributed by atoms with Crippen molar-refractivity contribution in [2.75, 3.05) is 0 Å². The summed E-state index contributed by atoms with van der Waals surface area (Å²) in [4.78, 5) is 4.36. The molecular formula is C17H20N6. The van der Waals surface area contributed by atoms with Crippen molar-refractivity contribution >= 4 is 11.3 Å². The number of nitrogens with zero attached hydrogens (tertiary/aromatic N) is 5. The average molecular weight is 308 g/mol. The minimum absolute atomic E-state index is 0.0372. The summed E-state index contributed by atoms with van der Waals surface area (Å²) in [5, 5.41) is 8.79. The van der Waals surface area contributed by atoms with Crippen LogP contribution in [0.3, 0.4) is 0 Å². The van der Waals surface area contributed by atoms with Crippen molar-refractivity contribution in [3.63, 3.8) is 0 Å². The minimum atomic E-state index is 0.0372. The third-order valence-corrected chi connectivity index (χ3v) is 3.72. The molecule has 3 rings (SSSR count). The van der Waals surface area contributed by atoms with E-state index in [1.807, 2.05) is 72.8 Å². The van der Waals surface area contributed by atoms with Crippen LogP contribution < -0.4 is 5.73 Å². The summed E-state index contributed by atoms with van der Waals surface area (Å²) in [7, 11) is 0. The Kier molecular flexibility index (Phi) is 4.08. The summed E-state index contributed by atoms with van der Waals surface area (Å²) in [6.07, 6.45) is 11.4. The standard InChI is InChI=1S/C17H20N6/c1-12(6-7-13(2)18)14(3)22-11-15(9-21-22)16-10-19-17-5-4-8-20-23(16)17/h4-11,13H,18H2,1-3H3/b7-6-,14-12+. The van der Waals surface area contributed by atoms with Crippen molar-refractivity contribution in [2.24, 2.45) is 5.73 Å². The summed E-state index contributed by atoms with van der Waals surface area (Å²) in [5.74, 6) is 0. The van der Waals surface area contributed by atoms with Crippen LogP contribution in [-0.2, 0) is 0 Å². The Bertz CT molecular complexity index is 881. The molecular weight excluding hydrogens is 288 g/mol. The maximum atomic E-state index is 5.75. The summed E-state index contributed by atoms with van der Waals surface area (Å²) < 4.78 is 3.67. The summed E-state index contributed by atoms with van der Waals surface area (Å²) in [5.41, 5.74) is 10.6. The molecule has 3 aromatic rings. The third-order valence-electron chi connectivity index (χ3n) is 3.72. The Hall–Kier alpha value is -2.73. The molecule has 1 atom stereocenters. The molecule has 0 aliphatic carbocycles. The van der Waals surface area contributed by atoms with Crippen LogP contribution in [0.15, 0.2) is 54.6 Å². The highest BCUT2D eigenvalue weighted by Crippen LogP contribution is 2.21. The number of hydrogen-bond acceptors (Lipinski definition) is 4. The van der Waals surface area contributed by atoms with Crippen molar-refractivity contribution in [2.45, 2.75) is 26.8 Å². The van der Waals surface area contributed by atoms with Crippen molar-refractivity contribution < 1.29 is 0 Å². The van der Waals surface area contributed by atoms with E-state index in [0.29, 0.717) is 0 Å². The van der Waals surface area contributed by atoms with E-state index in [-0.39, 0.29) is 6.04 Å². The molecule has 0 bridgehead atoms. The number of fused-ring (bicyclic) bond motifs is 1. The number of allylic oxidation sites excluding steroid dienone is 3. The van der Waals surface area contributed by atoms with Crippen LogP contribution in [0.4, 0.5) is 0 Å². The Morgan fingerprint density at radius 3 is 2.87 bits per heavy atom. The molecule has 0 aromatic carbocycles. The van der Waals surface area contributed by atoms with E-state index >= 15 is 0 Å². The van der Waals surface area contributed by atoms with E-state index in [9.17, 15) is 0 Å². The zero-order valence-corrected chi connectivity index (χ0v) is 13.5. The zero-order valence-electron chi connectivity index (χ0n) is 13.5. The van der Waals surface area contributed by atoms with E-state index in [0.717, 1.165) is 28.2 Å². The average Bonchev–Trinajstić information content (AvgIpc) is 3.18. The summed E-state index contributed by atoms with van der Waals surface area (Å²) in [6, 6.07) is 3.83. The van der Waals surface area contributed by atoms with Gasteiger partial charge in [0.25, 0.3) is 0 Å². The minimum Gasteiger partial charge on any atom is -0.325 e. The highest BCUT2D eigenvalue weighted by Gasteiger charge is 2.09. The molecule has 0 radical (unpaired) electrons. The molecule has 118 valence electrons. The van der Waals surface area contributed by atoms with E-state index in [2.05, 4.69) is 15.2 Å². The molecule has 0 amide bonds. The second-order valence-electron chi connectivity index (χ2n) is 5.60. The molecule has 6 nitrogen and oxygen atoms in total. The van der Waals surface area contributed by atoms with Gasteiger partial charge in [0.15, 0.2) is 5.65 Å². The fourth-order valence-electron chi connectivity index (χ4n) is 2.26. The van der Waals surface area contributed by atoms with Crippen LogP contribution in [0, 0.1) is 0 Å². The molecule has 0 aliphatic heterocycles. The van der Waals surface area contributed by atoms with Crippen molar-refractivity contribution in [1.29, 1.82) is 0 Å². The first-order chi connectivity index (χ1) is 11.1. The van der Waals surface area contributed by atoms with Gasteiger partial charge in [0.05, 0.1) is 18.1 Å². The number of imidazole rings is 1. The van der Waals surface area contributed by atoms with Crippen molar-refractivity contribution in [3.05, 3.63) is 54.6 Å². The van der Waals surface area contributed by atoms with Crippen LogP contribution in [0.2, 0.25) is 0 Å². The van der Waals surface area contributed by atoms with E-state index in [1.165, 1.54) is 0 Å². The van der Waals surface area contributed by atoms with E-state index < -0.39 is 0 Å².